The minimum atomic E-state index is 0.134. The van der Waals surface area contributed by atoms with Crippen molar-refractivity contribution in [1.82, 2.24) is 4.98 Å². The van der Waals surface area contributed by atoms with Gasteiger partial charge in [0.1, 0.15) is 0 Å². The van der Waals surface area contributed by atoms with Crippen LogP contribution in [0.1, 0.15) is 48.8 Å². The van der Waals surface area contributed by atoms with Gasteiger partial charge in [0.15, 0.2) is 5.13 Å². The van der Waals surface area contributed by atoms with Crippen molar-refractivity contribution < 1.29 is 4.79 Å². The highest BCUT2D eigenvalue weighted by Crippen LogP contribution is 2.49. The molecule has 4 rings (SSSR count). The molecule has 3 nitrogen and oxygen atoms in total. The second-order valence-electron chi connectivity index (χ2n) is 7.98. The molecule has 2 aliphatic rings. The number of nitrogens with zero attached hydrogens (tertiary/aromatic N) is 1. The Balaban J connectivity index is 1.43. The molecule has 4 heteroatoms. The Hall–Kier alpha value is -1.68. The number of nitrogens with one attached hydrogen (secondary N) is 1. The van der Waals surface area contributed by atoms with Crippen molar-refractivity contribution in [1.29, 1.82) is 0 Å². The van der Waals surface area contributed by atoms with E-state index in [2.05, 4.69) is 43.2 Å². The highest BCUT2D eigenvalue weighted by Gasteiger charge is 2.40. The summed E-state index contributed by atoms with van der Waals surface area (Å²) in [6, 6.07) is 4.40. The van der Waals surface area contributed by atoms with E-state index in [-0.39, 0.29) is 5.91 Å². The topological polar surface area (TPSA) is 42.0 Å². The Bertz CT molecular complexity index is 810. The molecule has 1 amide bonds. The molecule has 0 saturated heterocycles. The molecule has 1 N–H and O–H groups in total. The van der Waals surface area contributed by atoms with E-state index in [1.807, 2.05) is 5.38 Å². The zero-order valence-electron chi connectivity index (χ0n) is 15.3. The maximum absolute atomic E-state index is 12.4. The SMILES string of the molecule is Cc1cc(C)c(-c2csc(NC(=O)C[C@H]3C[C@@H]4CC[C@@H]3C4)n2)cc1C. The molecule has 1 aromatic heterocycles. The first kappa shape index (κ1) is 16.8. The monoisotopic (exact) mass is 354 g/mol. The van der Waals surface area contributed by atoms with E-state index < -0.39 is 0 Å². The highest BCUT2D eigenvalue weighted by atomic mass is 32.1. The molecule has 1 heterocycles. The predicted octanol–water partition coefficient (Wildman–Crippen LogP) is 5.50. The lowest BCUT2D eigenvalue weighted by Crippen LogP contribution is -2.20. The van der Waals surface area contributed by atoms with Gasteiger partial charge >= 0.3 is 0 Å². The number of fused-ring (bicyclic) bond motifs is 2. The van der Waals surface area contributed by atoms with Gasteiger partial charge in [-0.3, -0.25) is 4.79 Å². The van der Waals surface area contributed by atoms with Gasteiger partial charge in [-0.2, -0.15) is 0 Å². The molecule has 1 aromatic carbocycles. The van der Waals surface area contributed by atoms with Crippen molar-refractivity contribution in [3.63, 3.8) is 0 Å². The first-order valence-electron chi connectivity index (χ1n) is 9.33. The van der Waals surface area contributed by atoms with Gasteiger partial charge < -0.3 is 5.32 Å². The lowest BCUT2D eigenvalue weighted by atomic mass is 9.86. The lowest BCUT2D eigenvalue weighted by Gasteiger charge is -2.20. The standard InChI is InChI=1S/C21H26N2OS/c1-12-6-14(3)18(7-13(12)2)19-11-25-21(22-19)23-20(24)10-17-9-15-4-5-16(17)8-15/h6-7,11,15-17H,4-5,8-10H2,1-3H3,(H,22,23,24)/t15-,16-,17-/m1/s1. The molecule has 2 aromatic rings. The zero-order valence-corrected chi connectivity index (χ0v) is 16.1. The van der Waals surface area contributed by atoms with E-state index in [1.54, 1.807) is 0 Å². The third-order valence-electron chi connectivity index (χ3n) is 6.20. The smallest absolute Gasteiger partial charge is 0.226 e. The van der Waals surface area contributed by atoms with Gasteiger partial charge in [-0.1, -0.05) is 12.5 Å². The molecule has 0 aliphatic heterocycles. The Morgan fingerprint density at radius 1 is 1.16 bits per heavy atom. The van der Waals surface area contributed by atoms with Crippen molar-refractivity contribution in [2.45, 2.75) is 52.9 Å². The van der Waals surface area contributed by atoms with Gasteiger partial charge in [0, 0.05) is 17.4 Å². The van der Waals surface area contributed by atoms with Gasteiger partial charge in [0.25, 0.3) is 0 Å². The van der Waals surface area contributed by atoms with Gasteiger partial charge in [0.05, 0.1) is 5.69 Å². The summed E-state index contributed by atoms with van der Waals surface area (Å²) in [4.78, 5) is 17.1. The van der Waals surface area contributed by atoms with Gasteiger partial charge in [-0.15, -0.1) is 11.3 Å². The minimum absolute atomic E-state index is 0.134. The summed E-state index contributed by atoms with van der Waals surface area (Å²) in [5, 5.41) is 5.80. The number of carbonyl (C=O) groups excluding carboxylic acids is 1. The molecule has 3 atom stereocenters. The van der Waals surface area contributed by atoms with E-state index in [0.717, 1.165) is 28.2 Å². The van der Waals surface area contributed by atoms with Crippen molar-refractivity contribution in [3.05, 3.63) is 34.2 Å². The number of benzene rings is 1. The molecule has 25 heavy (non-hydrogen) atoms. The van der Waals surface area contributed by atoms with Crippen LogP contribution in [-0.4, -0.2) is 10.9 Å². The van der Waals surface area contributed by atoms with Crippen molar-refractivity contribution in [2.24, 2.45) is 17.8 Å². The second kappa shape index (κ2) is 6.56. The van der Waals surface area contributed by atoms with Crippen LogP contribution in [0.5, 0.6) is 0 Å². The Morgan fingerprint density at radius 2 is 1.96 bits per heavy atom. The van der Waals surface area contributed by atoms with Crippen LogP contribution in [-0.2, 0) is 4.79 Å². The Labute approximate surface area is 153 Å². The number of hydrogen-bond acceptors (Lipinski definition) is 3. The summed E-state index contributed by atoms with van der Waals surface area (Å²) < 4.78 is 0. The van der Waals surface area contributed by atoms with Crippen LogP contribution in [0.3, 0.4) is 0 Å². The molecule has 132 valence electrons. The van der Waals surface area contributed by atoms with Crippen LogP contribution in [0.25, 0.3) is 11.3 Å². The molecule has 2 saturated carbocycles. The fourth-order valence-corrected chi connectivity index (χ4v) is 5.45. The van der Waals surface area contributed by atoms with Crippen LogP contribution in [0.2, 0.25) is 0 Å². The van der Waals surface area contributed by atoms with E-state index >= 15 is 0 Å². The molecule has 2 fully saturated rings. The number of rotatable bonds is 4. The highest BCUT2D eigenvalue weighted by molar-refractivity contribution is 7.14. The van der Waals surface area contributed by atoms with Gasteiger partial charge in [-0.05, 0) is 80.5 Å². The third kappa shape index (κ3) is 3.37. The summed E-state index contributed by atoms with van der Waals surface area (Å²) in [5.41, 5.74) is 5.92. The van der Waals surface area contributed by atoms with Crippen molar-refractivity contribution in [2.75, 3.05) is 5.32 Å². The average Bonchev–Trinajstić information content (AvgIpc) is 3.27. The first-order chi connectivity index (χ1) is 12.0. The Morgan fingerprint density at radius 3 is 2.68 bits per heavy atom. The summed E-state index contributed by atoms with van der Waals surface area (Å²) in [6.07, 6.45) is 5.98. The number of aromatic nitrogens is 1. The number of carbonyl (C=O) groups is 1. The van der Waals surface area contributed by atoms with Crippen LogP contribution in [0.4, 0.5) is 5.13 Å². The third-order valence-corrected chi connectivity index (χ3v) is 6.96. The Kier molecular flexibility index (Phi) is 4.40. The molecule has 2 bridgehead atoms. The van der Waals surface area contributed by atoms with Crippen molar-refractivity contribution in [3.8, 4) is 11.3 Å². The normalized spacial score (nSPS) is 24.7. The second-order valence-corrected chi connectivity index (χ2v) is 8.83. The van der Waals surface area contributed by atoms with Crippen LogP contribution in [0.15, 0.2) is 17.5 Å². The average molecular weight is 355 g/mol. The lowest BCUT2D eigenvalue weighted by molar-refractivity contribution is -0.117. The first-order valence-corrected chi connectivity index (χ1v) is 10.2. The molecule has 0 unspecified atom stereocenters. The number of hydrogen-bond donors (Lipinski definition) is 1. The maximum atomic E-state index is 12.4. The van der Waals surface area contributed by atoms with E-state index in [0.29, 0.717) is 12.3 Å². The van der Waals surface area contributed by atoms with Crippen LogP contribution >= 0.6 is 11.3 Å². The van der Waals surface area contributed by atoms with E-state index in [9.17, 15) is 4.79 Å². The summed E-state index contributed by atoms with van der Waals surface area (Å²) >= 11 is 1.52. The largest absolute Gasteiger partial charge is 0.302 e. The number of aryl methyl sites for hydroxylation is 3. The minimum Gasteiger partial charge on any atom is -0.302 e. The zero-order chi connectivity index (χ0) is 17.6. The summed E-state index contributed by atoms with van der Waals surface area (Å²) in [7, 11) is 0. The maximum Gasteiger partial charge on any atom is 0.226 e. The van der Waals surface area contributed by atoms with E-state index in [1.165, 1.54) is 53.7 Å². The predicted molar refractivity (Wildman–Crippen MR) is 104 cm³/mol. The fourth-order valence-electron chi connectivity index (χ4n) is 4.73. The fraction of sp³-hybridized carbons (Fsp3) is 0.524. The molecule has 0 spiro atoms. The number of amides is 1. The number of anilines is 1. The molecular formula is C21H26N2OS. The van der Waals surface area contributed by atoms with Crippen molar-refractivity contribution >= 4 is 22.4 Å². The van der Waals surface area contributed by atoms with E-state index in [4.69, 9.17) is 0 Å². The summed E-state index contributed by atoms with van der Waals surface area (Å²) in [5.74, 6) is 2.42. The molecular weight excluding hydrogens is 328 g/mol. The molecule has 0 radical (unpaired) electrons. The summed E-state index contributed by atoms with van der Waals surface area (Å²) in [6.45, 7) is 6.38. The van der Waals surface area contributed by atoms with Gasteiger partial charge in [-0.25, -0.2) is 4.98 Å². The quantitative estimate of drug-likeness (QED) is 0.787. The van der Waals surface area contributed by atoms with Gasteiger partial charge in [0.2, 0.25) is 5.91 Å². The van der Waals surface area contributed by atoms with Crippen LogP contribution in [0, 0.1) is 38.5 Å². The number of thiazole rings is 1. The van der Waals surface area contributed by atoms with Crippen LogP contribution < -0.4 is 5.32 Å². The molecule has 2 aliphatic carbocycles.